The molecular formula is C63H83N8+5. The van der Waals surface area contributed by atoms with Crippen molar-refractivity contribution in [3.8, 4) is 12.1 Å². The maximum atomic E-state index is 8.73. The number of nitriles is 2. The minimum Gasteiger partial charge on any atom is -0.335 e. The molecule has 0 aliphatic carbocycles. The summed E-state index contributed by atoms with van der Waals surface area (Å²) in [4.78, 5) is 5.26. The number of quaternary nitrogens is 1. The Balaban J connectivity index is 0.000000251. The Morgan fingerprint density at radius 3 is 1.18 bits per heavy atom. The topological polar surface area (TPSA) is 71.9 Å². The van der Waals surface area contributed by atoms with Crippen LogP contribution >= 0.6 is 0 Å². The molecule has 0 unspecified atom stereocenters. The van der Waals surface area contributed by atoms with Crippen molar-refractivity contribution >= 4 is 17.8 Å². The number of pyridine rings is 4. The number of nitrogens with one attached hydrogen (secondary N) is 1. The summed E-state index contributed by atoms with van der Waals surface area (Å²) in [5.74, 6) is 0. The van der Waals surface area contributed by atoms with Crippen molar-refractivity contribution in [2.75, 3.05) is 19.6 Å². The number of hydrogen-bond acceptors (Lipinski definition) is 2. The van der Waals surface area contributed by atoms with Gasteiger partial charge < -0.3 is 4.90 Å². The van der Waals surface area contributed by atoms with Gasteiger partial charge >= 0.3 is 0 Å². The van der Waals surface area contributed by atoms with Crippen molar-refractivity contribution in [2.24, 2.45) is 0 Å². The van der Waals surface area contributed by atoms with Gasteiger partial charge in [-0.05, 0) is 49.7 Å². The van der Waals surface area contributed by atoms with E-state index in [0.29, 0.717) is 16.8 Å². The lowest BCUT2D eigenvalue weighted by Gasteiger charge is -2.19. The van der Waals surface area contributed by atoms with E-state index in [1.807, 2.05) is 126 Å². The van der Waals surface area contributed by atoms with Gasteiger partial charge in [-0.15, -0.1) is 0 Å². The molecule has 0 saturated heterocycles. The van der Waals surface area contributed by atoms with Gasteiger partial charge in [0.25, 0.3) is 0 Å². The first-order valence-electron chi connectivity index (χ1n) is 26.2. The van der Waals surface area contributed by atoms with Crippen LogP contribution < -0.4 is 23.2 Å². The number of aryl methyl sites for hydroxylation is 2. The third-order valence-electron chi connectivity index (χ3n) is 12.2. The summed E-state index contributed by atoms with van der Waals surface area (Å²) in [5, 5.41) is 17.4. The van der Waals surface area contributed by atoms with Crippen molar-refractivity contribution in [3.05, 3.63) is 211 Å². The van der Waals surface area contributed by atoms with Gasteiger partial charge in [-0.2, -0.15) is 10.5 Å². The molecule has 8 nitrogen and oxygen atoms in total. The standard InChI is InChI=1S/C18H39N.C16H16N4.C15H13N2.C14H14N/c1-4-7-10-13-16-19(17-14-11-8-5-2)18-15-12-9-6-3;1-18-16-6-12-20(13-7-16)9-3-2-8-19-10-4-15(14-17)5-11-19;1-2-13-3-5-15(6-4-13)12-17-9-7-14(11-16)8-10-17;1-2-13-6-8-14(9-7-13)12-15-10-4-3-5-11-15/h4-18H2,1-3H3;4-7,10-13H,2-3,8-9H2;2-10H,1,12H2;2-11H,1,12H2/q;+2;2*+1/p+1. The molecule has 71 heavy (non-hydrogen) atoms. The van der Waals surface area contributed by atoms with E-state index in [9.17, 15) is 0 Å². The van der Waals surface area contributed by atoms with Crippen LogP contribution in [0.4, 0.5) is 5.69 Å². The van der Waals surface area contributed by atoms with E-state index in [1.54, 1.807) is 0 Å². The maximum Gasteiger partial charge on any atom is 0.198 e. The van der Waals surface area contributed by atoms with Crippen LogP contribution in [0.1, 0.15) is 144 Å². The van der Waals surface area contributed by atoms with Crippen molar-refractivity contribution < 1.29 is 23.2 Å². The van der Waals surface area contributed by atoms with Crippen LogP contribution in [0.25, 0.3) is 17.0 Å². The summed E-state index contributed by atoms with van der Waals surface area (Å²) in [6, 6.07) is 38.0. The van der Waals surface area contributed by atoms with E-state index in [2.05, 4.69) is 113 Å². The fourth-order valence-corrected chi connectivity index (χ4v) is 7.84. The van der Waals surface area contributed by atoms with Crippen LogP contribution in [-0.2, 0) is 26.2 Å². The lowest BCUT2D eigenvalue weighted by atomic mass is 10.1. The van der Waals surface area contributed by atoms with E-state index in [-0.39, 0.29) is 0 Å². The van der Waals surface area contributed by atoms with Crippen LogP contribution in [0.5, 0.6) is 0 Å². The predicted octanol–water partition coefficient (Wildman–Crippen LogP) is 12.0. The number of unbranched alkanes of at least 4 members (excludes halogenated alkanes) is 10. The maximum absolute atomic E-state index is 8.73. The Morgan fingerprint density at radius 1 is 0.465 bits per heavy atom. The molecule has 0 spiro atoms. The summed E-state index contributed by atoms with van der Waals surface area (Å²) in [7, 11) is 0. The van der Waals surface area contributed by atoms with Crippen LogP contribution in [0.15, 0.2) is 166 Å². The molecule has 0 amide bonds. The molecule has 0 radical (unpaired) electrons. The van der Waals surface area contributed by atoms with E-state index >= 15 is 0 Å². The lowest BCUT2D eigenvalue weighted by molar-refractivity contribution is -0.900. The van der Waals surface area contributed by atoms with E-state index < -0.39 is 0 Å². The second kappa shape index (κ2) is 37.8. The molecule has 4 aromatic heterocycles. The quantitative estimate of drug-likeness (QED) is 0.0334. The van der Waals surface area contributed by atoms with Gasteiger partial charge in [0, 0.05) is 72.5 Å². The average Bonchev–Trinajstić information content (AvgIpc) is 3.43. The van der Waals surface area contributed by atoms with Crippen LogP contribution in [0, 0.1) is 29.2 Å². The molecule has 0 aliphatic heterocycles. The molecule has 1 N–H and O–H groups in total. The Bertz CT molecular complexity index is 2340. The molecule has 6 aromatic rings. The summed E-state index contributed by atoms with van der Waals surface area (Å²) >= 11 is 0. The highest BCUT2D eigenvalue weighted by atomic mass is 15.1. The minimum absolute atomic E-state index is 0.675. The third kappa shape index (κ3) is 26.5. The smallest absolute Gasteiger partial charge is 0.198 e. The van der Waals surface area contributed by atoms with Crippen molar-refractivity contribution in [1.82, 2.24) is 0 Å². The van der Waals surface area contributed by atoms with Crippen LogP contribution in [0.2, 0.25) is 0 Å². The van der Waals surface area contributed by atoms with Crippen molar-refractivity contribution in [2.45, 2.75) is 137 Å². The molecule has 0 saturated carbocycles. The normalized spacial score (nSPS) is 10.2. The fourth-order valence-electron chi connectivity index (χ4n) is 7.84. The molecule has 8 heteroatoms. The van der Waals surface area contributed by atoms with Gasteiger partial charge in [0.2, 0.25) is 0 Å². The summed E-state index contributed by atoms with van der Waals surface area (Å²) in [6.07, 6.45) is 38.7. The Hall–Kier alpha value is -7.05. The number of rotatable bonds is 26. The van der Waals surface area contributed by atoms with E-state index in [4.69, 9.17) is 17.1 Å². The third-order valence-corrected chi connectivity index (χ3v) is 12.2. The Morgan fingerprint density at radius 2 is 0.831 bits per heavy atom. The van der Waals surface area contributed by atoms with Gasteiger partial charge in [-0.25, -0.2) is 23.1 Å². The van der Waals surface area contributed by atoms with Gasteiger partial charge in [0.05, 0.1) is 49.5 Å². The Labute approximate surface area is 429 Å². The first-order chi connectivity index (χ1) is 34.9. The summed E-state index contributed by atoms with van der Waals surface area (Å²) in [6.45, 7) is 29.2. The SMILES string of the molecule is C=Cc1ccc(C[n+]2ccc(C#N)cc2)cc1.C=Cc1ccc(C[n+]2ccccc2)cc1.CCCCCC[NH+](CCCCCC)CCCCCC.[C-]#[N+]c1cc[n+](CCCC[n+]2ccc(C#N)cc2)cc1. The van der Waals surface area contributed by atoms with E-state index in [1.165, 1.54) is 108 Å². The first kappa shape index (κ1) is 58.3. The molecule has 370 valence electrons. The van der Waals surface area contributed by atoms with Gasteiger partial charge in [0.15, 0.2) is 68.4 Å². The second-order valence-electron chi connectivity index (χ2n) is 18.0. The Kier molecular flexibility index (Phi) is 31.0. The molecule has 0 atom stereocenters. The molecule has 0 aliphatic rings. The molecular weight excluding hydrogens is 869 g/mol. The van der Waals surface area contributed by atoms with E-state index in [0.717, 1.165) is 50.1 Å². The molecule has 0 fully saturated rings. The largest absolute Gasteiger partial charge is 0.335 e. The van der Waals surface area contributed by atoms with Gasteiger partial charge in [0.1, 0.15) is 13.1 Å². The highest BCUT2D eigenvalue weighted by Gasteiger charge is 2.09. The number of hydrogen-bond donors (Lipinski definition) is 1. The predicted molar refractivity (Wildman–Crippen MR) is 291 cm³/mol. The number of nitrogens with zero attached hydrogens (tertiary/aromatic N) is 7. The van der Waals surface area contributed by atoms with Crippen LogP contribution in [0.3, 0.4) is 0 Å². The van der Waals surface area contributed by atoms with Crippen molar-refractivity contribution in [1.29, 1.82) is 10.5 Å². The molecule has 0 bridgehead atoms. The molecule has 6 rings (SSSR count). The minimum atomic E-state index is 0.675. The fraction of sp³-hybridized carbons (Fsp3) is 0.381. The highest BCUT2D eigenvalue weighted by molar-refractivity contribution is 5.47. The second-order valence-corrected chi connectivity index (χ2v) is 18.0. The average molecular weight is 952 g/mol. The summed E-state index contributed by atoms with van der Waals surface area (Å²) in [5.41, 5.74) is 6.87. The first-order valence-corrected chi connectivity index (χ1v) is 26.2. The molecule has 4 heterocycles. The van der Waals surface area contributed by atoms with Crippen LogP contribution in [-0.4, -0.2) is 19.6 Å². The van der Waals surface area contributed by atoms with Gasteiger partial charge in [-0.1, -0.05) is 139 Å². The van der Waals surface area contributed by atoms with Gasteiger partial charge in [-0.3, -0.25) is 0 Å². The summed E-state index contributed by atoms with van der Waals surface area (Å²) < 4.78 is 8.39. The molecule has 2 aromatic carbocycles. The van der Waals surface area contributed by atoms with Crippen molar-refractivity contribution in [3.63, 3.8) is 0 Å². The zero-order valence-corrected chi connectivity index (χ0v) is 43.5. The zero-order valence-electron chi connectivity index (χ0n) is 43.5. The monoisotopic (exact) mass is 952 g/mol. The highest BCUT2D eigenvalue weighted by Crippen LogP contribution is 2.08. The number of benzene rings is 2. The zero-order chi connectivity index (χ0) is 51.0. The number of aromatic nitrogens is 4. The lowest BCUT2D eigenvalue weighted by Crippen LogP contribution is -3.12.